The second-order valence-corrected chi connectivity index (χ2v) is 7.96. The highest BCUT2D eigenvalue weighted by Gasteiger charge is 2.48. The number of benzene rings is 1. The molecular formula is C20H18ClF3N4. The molecule has 0 atom stereocenters. The predicted molar refractivity (Wildman–Crippen MR) is 101 cm³/mol. The second-order valence-electron chi connectivity index (χ2n) is 7.55. The zero-order valence-electron chi connectivity index (χ0n) is 15.6. The molecule has 0 aliphatic carbocycles. The lowest BCUT2D eigenvalue weighted by Gasteiger charge is -2.28. The van der Waals surface area contributed by atoms with E-state index in [1.807, 2.05) is 17.6 Å². The Balaban J connectivity index is 1.82. The molecule has 3 heterocycles. The van der Waals surface area contributed by atoms with E-state index in [1.165, 1.54) is 12.3 Å². The molecule has 1 aromatic carbocycles. The van der Waals surface area contributed by atoms with Crippen LogP contribution in [0.5, 0.6) is 0 Å². The van der Waals surface area contributed by atoms with Crippen molar-refractivity contribution in [3.8, 4) is 16.8 Å². The standard InChI is InChI=1S/C20H18ClF3N4/c1-11-26-27-17-5-4-12-6-13(8-16(21)18(12)28(11)17)14-7-15(10-25-9-14)19(2,3)20(22,23)24/h6-10H,4-5H2,1-3H3. The summed E-state index contributed by atoms with van der Waals surface area (Å²) in [5.74, 6) is 1.61. The number of alkyl halides is 3. The van der Waals surface area contributed by atoms with Crippen molar-refractivity contribution in [2.75, 3.05) is 0 Å². The second kappa shape index (κ2) is 6.30. The average molecular weight is 407 g/mol. The number of halogens is 4. The van der Waals surface area contributed by atoms with Gasteiger partial charge in [0.05, 0.1) is 16.1 Å². The van der Waals surface area contributed by atoms with Gasteiger partial charge in [0.1, 0.15) is 11.6 Å². The largest absolute Gasteiger partial charge is 0.397 e. The summed E-state index contributed by atoms with van der Waals surface area (Å²) in [6.45, 7) is 4.18. The molecule has 1 aliphatic heterocycles. The lowest BCUT2D eigenvalue weighted by molar-refractivity contribution is -0.180. The molecule has 3 aromatic rings. The third-order valence-corrected chi connectivity index (χ3v) is 5.67. The van der Waals surface area contributed by atoms with Crippen molar-refractivity contribution < 1.29 is 13.2 Å². The normalized spacial score (nSPS) is 14.0. The Morgan fingerprint density at radius 1 is 1.00 bits per heavy atom. The number of fused-ring (bicyclic) bond motifs is 3. The first kappa shape index (κ1) is 18.9. The van der Waals surface area contributed by atoms with Crippen molar-refractivity contribution in [3.05, 3.63) is 58.4 Å². The molecule has 1 aliphatic rings. The monoisotopic (exact) mass is 406 g/mol. The van der Waals surface area contributed by atoms with Gasteiger partial charge in [-0.1, -0.05) is 11.6 Å². The summed E-state index contributed by atoms with van der Waals surface area (Å²) in [6.07, 6.45) is -0.0750. The van der Waals surface area contributed by atoms with Crippen molar-refractivity contribution in [1.29, 1.82) is 0 Å². The summed E-state index contributed by atoms with van der Waals surface area (Å²) in [6, 6.07) is 5.26. The van der Waals surface area contributed by atoms with Crippen LogP contribution in [0.2, 0.25) is 5.02 Å². The van der Waals surface area contributed by atoms with Crippen LogP contribution in [0.4, 0.5) is 13.2 Å². The molecule has 0 bridgehead atoms. The zero-order valence-corrected chi connectivity index (χ0v) is 16.4. The molecule has 4 rings (SSSR count). The van der Waals surface area contributed by atoms with Gasteiger partial charge in [-0.2, -0.15) is 13.2 Å². The van der Waals surface area contributed by atoms with Gasteiger partial charge < -0.3 is 0 Å². The van der Waals surface area contributed by atoms with E-state index in [0.717, 1.165) is 55.2 Å². The van der Waals surface area contributed by atoms with Crippen LogP contribution in [-0.4, -0.2) is 25.9 Å². The molecule has 0 amide bonds. The van der Waals surface area contributed by atoms with Gasteiger partial charge in [0, 0.05) is 24.4 Å². The molecule has 0 saturated heterocycles. The topological polar surface area (TPSA) is 43.6 Å². The van der Waals surface area contributed by atoms with E-state index >= 15 is 0 Å². The van der Waals surface area contributed by atoms with E-state index in [1.54, 1.807) is 12.3 Å². The Bertz CT molecular complexity index is 1070. The summed E-state index contributed by atoms with van der Waals surface area (Å²) in [7, 11) is 0. The van der Waals surface area contributed by atoms with Crippen LogP contribution in [0.3, 0.4) is 0 Å². The highest BCUT2D eigenvalue weighted by molar-refractivity contribution is 6.33. The van der Waals surface area contributed by atoms with Crippen LogP contribution in [0.25, 0.3) is 16.8 Å². The molecule has 8 heteroatoms. The Morgan fingerprint density at radius 3 is 2.46 bits per heavy atom. The minimum absolute atomic E-state index is 0.114. The Morgan fingerprint density at radius 2 is 1.75 bits per heavy atom. The quantitative estimate of drug-likeness (QED) is 0.585. The number of pyridine rings is 1. The summed E-state index contributed by atoms with van der Waals surface area (Å²) in [5.41, 5.74) is 1.31. The first-order valence-corrected chi connectivity index (χ1v) is 9.23. The molecule has 0 unspecified atom stereocenters. The molecular weight excluding hydrogens is 389 g/mol. The maximum absolute atomic E-state index is 13.4. The van der Waals surface area contributed by atoms with E-state index < -0.39 is 11.6 Å². The fraction of sp³-hybridized carbons (Fsp3) is 0.350. The third-order valence-electron chi connectivity index (χ3n) is 5.38. The summed E-state index contributed by atoms with van der Waals surface area (Å²) < 4.78 is 42.2. The van der Waals surface area contributed by atoms with Crippen molar-refractivity contribution >= 4 is 11.6 Å². The van der Waals surface area contributed by atoms with Gasteiger partial charge in [-0.05, 0) is 62.1 Å². The van der Waals surface area contributed by atoms with Gasteiger partial charge in [0.2, 0.25) is 0 Å². The van der Waals surface area contributed by atoms with Crippen LogP contribution < -0.4 is 0 Å². The third kappa shape index (κ3) is 2.89. The van der Waals surface area contributed by atoms with Gasteiger partial charge in [-0.3, -0.25) is 9.55 Å². The van der Waals surface area contributed by atoms with Crippen molar-refractivity contribution in [2.45, 2.75) is 45.2 Å². The van der Waals surface area contributed by atoms with E-state index in [-0.39, 0.29) is 5.56 Å². The summed E-state index contributed by atoms with van der Waals surface area (Å²) >= 11 is 6.58. The number of hydrogen-bond donors (Lipinski definition) is 0. The van der Waals surface area contributed by atoms with Crippen molar-refractivity contribution in [1.82, 2.24) is 19.7 Å². The molecule has 146 valence electrons. The highest BCUT2D eigenvalue weighted by atomic mass is 35.5. The smallest absolute Gasteiger partial charge is 0.281 e. The van der Waals surface area contributed by atoms with Gasteiger partial charge in [0.15, 0.2) is 0 Å². The van der Waals surface area contributed by atoms with Gasteiger partial charge in [-0.15, -0.1) is 10.2 Å². The molecule has 0 saturated carbocycles. The summed E-state index contributed by atoms with van der Waals surface area (Å²) in [4.78, 5) is 4.06. The fourth-order valence-electron chi connectivity index (χ4n) is 3.47. The first-order valence-electron chi connectivity index (χ1n) is 8.86. The van der Waals surface area contributed by atoms with Crippen LogP contribution in [-0.2, 0) is 18.3 Å². The predicted octanol–water partition coefficient (Wildman–Crippen LogP) is 5.23. The maximum Gasteiger partial charge on any atom is 0.397 e. The molecule has 0 spiro atoms. The lowest BCUT2D eigenvalue weighted by Crippen LogP contribution is -2.36. The van der Waals surface area contributed by atoms with Crippen LogP contribution in [0.1, 0.15) is 36.6 Å². The molecule has 28 heavy (non-hydrogen) atoms. The maximum atomic E-state index is 13.4. The number of hydrogen-bond acceptors (Lipinski definition) is 3. The van der Waals surface area contributed by atoms with Gasteiger partial charge >= 0.3 is 6.18 Å². The highest BCUT2D eigenvalue weighted by Crippen LogP contribution is 2.42. The van der Waals surface area contributed by atoms with Crippen molar-refractivity contribution in [3.63, 3.8) is 0 Å². The Hall–Kier alpha value is -2.41. The minimum atomic E-state index is -4.37. The van der Waals surface area contributed by atoms with E-state index in [2.05, 4.69) is 15.2 Å². The van der Waals surface area contributed by atoms with Crippen LogP contribution in [0.15, 0.2) is 30.6 Å². The zero-order chi connectivity index (χ0) is 20.3. The minimum Gasteiger partial charge on any atom is -0.281 e. The average Bonchev–Trinajstić information content (AvgIpc) is 3.02. The molecule has 0 fully saturated rings. The fourth-order valence-corrected chi connectivity index (χ4v) is 3.80. The van der Waals surface area contributed by atoms with Gasteiger partial charge in [0.25, 0.3) is 0 Å². The molecule has 2 aromatic heterocycles. The Kier molecular flexibility index (Phi) is 4.26. The molecule has 0 N–H and O–H groups in total. The number of aromatic nitrogens is 4. The van der Waals surface area contributed by atoms with E-state index in [4.69, 9.17) is 11.6 Å². The summed E-state index contributed by atoms with van der Waals surface area (Å²) in [5, 5.41) is 8.81. The first-order chi connectivity index (χ1) is 13.1. The van der Waals surface area contributed by atoms with Crippen molar-refractivity contribution in [2.24, 2.45) is 0 Å². The Labute approximate surface area is 165 Å². The lowest BCUT2D eigenvalue weighted by atomic mass is 9.84. The van der Waals surface area contributed by atoms with Crippen LogP contribution in [0, 0.1) is 6.92 Å². The van der Waals surface area contributed by atoms with E-state index in [0.29, 0.717) is 10.6 Å². The molecule has 4 nitrogen and oxygen atoms in total. The number of nitrogens with zero attached hydrogens (tertiary/aromatic N) is 4. The number of rotatable bonds is 2. The van der Waals surface area contributed by atoms with Crippen LogP contribution >= 0.6 is 11.6 Å². The number of aryl methyl sites for hydroxylation is 3. The van der Waals surface area contributed by atoms with Gasteiger partial charge in [-0.25, -0.2) is 0 Å². The SMILES string of the molecule is Cc1nnc2n1-c1c(Cl)cc(-c3cncc(C(C)(C)C(F)(F)F)c3)cc1CC2. The molecule has 0 radical (unpaired) electrons. The van der Waals surface area contributed by atoms with E-state index in [9.17, 15) is 13.2 Å².